The molecule has 2 atom stereocenters. The zero-order valence-corrected chi connectivity index (χ0v) is 18.5. The number of carbonyl (C=O) groups excluding carboxylic acids is 3. The van der Waals surface area contributed by atoms with Crippen LogP contribution in [0.3, 0.4) is 0 Å². The lowest BCUT2D eigenvalue weighted by atomic mass is 9.79. The lowest BCUT2D eigenvalue weighted by molar-refractivity contribution is -0.140. The van der Waals surface area contributed by atoms with Crippen LogP contribution in [0.1, 0.15) is 45.6 Å². The molecule has 0 N–H and O–H groups in total. The molecule has 8 heteroatoms. The van der Waals surface area contributed by atoms with Crippen molar-refractivity contribution < 1.29 is 27.5 Å². The molecule has 7 nitrogen and oxygen atoms in total. The highest BCUT2D eigenvalue weighted by Gasteiger charge is 2.63. The second-order valence-electron chi connectivity index (χ2n) is 8.82. The first-order valence-electron chi connectivity index (χ1n) is 9.97. The lowest BCUT2D eigenvalue weighted by Crippen LogP contribution is -2.42. The summed E-state index contributed by atoms with van der Waals surface area (Å²) in [6.07, 6.45) is 3.00. The normalized spacial score (nSPS) is 26.1. The molecule has 0 unspecified atom stereocenters. The predicted octanol–water partition coefficient (Wildman–Crippen LogP) is 2.78. The Morgan fingerprint density at radius 2 is 1.87 bits per heavy atom. The zero-order chi connectivity index (χ0) is 22.3. The van der Waals surface area contributed by atoms with Crippen LogP contribution in [0, 0.1) is 17.8 Å². The van der Waals surface area contributed by atoms with Gasteiger partial charge in [0.1, 0.15) is 11.2 Å². The Morgan fingerprint density at radius 3 is 2.40 bits per heavy atom. The first-order chi connectivity index (χ1) is 13.9. The maximum Gasteiger partial charge on any atom is 0.330 e. The third-order valence-electron chi connectivity index (χ3n) is 5.74. The minimum absolute atomic E-state index is 0.0229. The molecule has 1 saturated carbocycles. The largest absolute Gasteiger partial charge is 0.463 e. The van der Waals surface area contributed by atoms with Crippen molar-refractivity contribution in [3.05, 3.63) is 42.0 Å². The summed E-state index contributed by atoms with van der Waals surface area (Å²) in [4.78, 5) is 38.1. The van der Waals surface area contributed by atoms with Gasteiger partial charge in [-0.15, -0.1) is 0 Å². The van der Waals surface area contributed by atoms with Crippen molar-refractivity contribution in [1.82, 2.24) is 4.31 Å². The fourth-order valence-electron chi connectivity index (χ4n) is 4.49. The van der Waals surface area contributed by atoms with Crippen LogP contribution < -0.4 is 0 Å². The number of hydrogen-bond acceptors (Lipinski definition) is 6. The van der Waals surface area contributed by atoms with E-state index in [0.29, 0.717) is 0 Å². The second kappa shape index (κ2) is 7.65. The van der Waals surface area contributed by atoms with Crippen LogP contribution in [0.5, 0.6) is 0 Å². The van der Waals surface area contributed by atoms with E-state index in [0.717, 1.165) is 15.9 Å². The average Bonchev–Trinajstić information content (AvgIpc) is 3.06. The molecule has 1 spiro atoms. The molecule has 2 fully saturated rings. The standard InChI is InChI=1S/C22H27NO6S/c1-5-29-19(25)11-8-16-12-22(14-21(3,4)13-18(22)24)20(26)23(16)30(27,28)17-9-6-15(2)7-10-17/h6-11,16H,5,12-14H2,1-4H3/b11-8+/t16-,22-/m0/s1. The van der Waals surface area contributed by atoms with Crippen LogP contribution in [0.25, 0.3) is 0 Å². The highest BCUT2D eigenvalue weighted by atomic mass is 32.2. The summed E-state index contributed by atoms with van der Waals surface area (Å²) >= 11 is 0. The quantitative estimate of drug-likeness (QED) is 0.402. The number of hydrogen-bond donors (Lipinski definition) is 0. The van der Waals surface area contributed by atoms with Gasteiger partial charge in [-0.3, -0.25) is 9.59 Å². The number of Topliss-reactive ketones (excluding diaryl/α,β-unsaturated/α-hetero) is 1. The molecule has 1 aromatic rings. The summed E-state index contributed by atoms with van der Waals surface area (Å²) in [6, 6.07) is 5.24. The van der Waals surface area contributed by atoms with Crippen LogP contribution in [0.2, 0.25) is 0 Å². The Kier molecular flexibility index (Phi) is 5.66. The van der Waals surface area contributed by atoms with Gasteiger partial charge < -0.3 is 4.74 Å². The molecule has 1 heterocycles. The maximum atomic E-state index is 13.5. The summed E-state index contributed by atoms with van der Waals surface area (Å²) in [6.45, 7) is 7.46. The Labute approximate surface area is 177 Å². The van der Waals surface area contributed by atoms with E-state index in [1.54, 1.807) is 19.1 Å². The molecular weight excluding hydrogens is 406 g/mol. The smallest absolute Gasteiger partial charge is 0.330 e. The molecule has 1 amide bonds. The van der Waals surface area contributed by atoms with Crippen molar-refractivity contribution in [1.29, 1.82) is 0 Å². The van der Waals surface area contributed by atoms with Gasteiger partial charge in [0.25, 0.3) is 15.9 Å². The Balaban J connectivity index is 2.06. The van der Waals surface area contributed by atoms with Gasteiger partial charge in [0, 0.05) is 12.5 Å². The number of amides is 1. The third-order valence-corrected chi connectivity index (χ3v) is 7.56. The van der Waals surface area contributed by atoms with Crippen molar-refractivity contribution >= 4 is 27.7 Å². The van der Waals surface area contributed by atoms with E-state index in [1.807, 2.05) is 20.8 Å². The summed E-state index contributed by atoms with van der Waals surface area (Å²) < 4.78 is 32.4. The van der Waals surface area contributed by atoms with E-state index in [1.165, 1.54) is 18.2 Å². The summed E-state index contributed by atoms with van der Waals surface area (Å²) in [5.74, 6) is -1.58. The van der Waals surface area contributed by atoms with Gasteiger partial charge in [0.15, 0.2) is 0 Å². The van der Waals surface area contributed by atoms with Crippen LogP contribution >= 0.6 is 0 Å². The predicted molar refractivity (Wildman–Crippen MR) is 110 cm³/mol. The number of sulfonamides is 1. The van der Waals surface area contributed by atoms with E-state index in [9.17, 15) is 22.8 Å². The van der Waals surface area contributed by atoms with Crippen molar-refractivity contribution in [2.24, 2.45) is 10.8 Å². The van der Waals surface area contributed by atoms with E-state index < -0.39 is 38.8 Å². The monoisotopic (exact) mass is 433 g/mol. The van der Waals surface area contributed by atoms with E-state index in [2.05, 4.69) is 0 Å². The fourth-order valence-corrected chi connectivity index (χ4v) is 6.09. The minimum Gasteiger partial charge on any atom is -0.463 e. The summed E-state index contributed by atoms with van der Waals surface area (Å²) in [7, 11) is -4.21. The molecule has 0 bridgehead atoms. The fraction of sp³-hybridized carbons (Fsp3) is 0.500. The SMILES string of the molecule is CCOC(=O)/C=C/[C@H]1C[C@@]2(CC(C)(C)CC2=O)C(=O)N1S(=O)(=O)c1ccc(C)cc1. The number of aryl methyl sites for hydroxylation is 1. The summed E-state index contributed by atoms with van der Waals surface area (Å²) in [5, 5.41) is 0. The molecule has 30 heavy (non-hydrogen) atoms. The van der Waals surface area contributed by atoms with Crippen LogP contribution in [0.15, 0.2) is 41.3 Å². The topological polar surface area (TPSA) is 97.8 Å². The molecular formula is C22H27NO6S. The van der Waals surface area contributed by atoms with Gasteiger partial charge in [-0.1, -0.05) is 37.6 Å². The number of carbonyl (C=O) groups is 3. The molecule has 1 aliphatic carbocycles. The maximum absolute atomic E-state index is 13.5. The molecule has 3 rings (SSSR count). The first kappa shape index (κ1) is 22.2. The highest BCUT2D eigenvalue weighted by molar-refractivity contribution is 7.89. The van der Waals surface area contributed by atoms with Gasteiger partial charge in [-0.25, -0.2) is 17.5 Å². The minimum atomic E-state index is -4.21. The highest BCUT2D eigenvalue weighted by Crippen LogP contribution is 2.54. The van der Waals surface area contributed by atoms with E-state index in [-0.39, 0.29) is 36.5 Å². The second-order valence-corrected chi connectivity index (χ2v) is 10.6. The average molecular weight is 434 g/mol. The Bertz CT molecular complexity index is 1010. The Hall–Kier alpha value is -2.48. The van der Waals surface area contributed by atoms with Crippen LogP contribution in [-0.2, 0) is 29.1 Å². The van der Waals surface area contributed by atoms with Crippen LogP contribution in [0.4, 0.5) is 0 Å². The Morgan fingerprint density at radius 1 is 1.23 bits per heavy atom. The van der Waals surface area contributed by atoms with E-state index >= 15 is 0 Å². The number of ether oxygens (including phenoxy) is 1. The molecule has 0 aromatic heterocycles. The molecule has 162 valence electrons. The molecule has 1 saturated heterocycles. The van der Waals surface area contributed by atoms with Gasteiger partial charge in [-0.2, -0.15) is 0 Å². The number of rotatable bonds is 5. The molecule has 1 aliphatic heterocycles. The zero-order valence-electron chi connectivity index (χ0n) is 17.7. The van der Waals surface area contributed by atoms with Crippen molar-refractivity contribution in [3.8, 4) is 0 Å². The lowest BCUT2D eigenvalue weighted by Gasteiger charge is -2.24. The number of ketones is 1. The van der Waals surface area contributed by atoms with Crippen molar-refractivity contribution in [2.75, 3.05) is 6.61 Å². The molecule has 2 aliphatic rings. The van der Waals surface area contributed by atoms with Gasteiger partial charge >= 0.3 is 5.97 Å². The van der Waals surface area contributed by atoms with Gasteiger partial charge in [-0.05, 0) is 44.2 Å². The number of benzene rings is 1. The van der Waals surface area contributed by atoms with E-state index in [4.69, 9.17) is 4.74 Å². The van der Waals surface area contributed by atoms with Crippen molar-refractivity contribution in [2.45, 2.75) is 57.9 Å². The third kappa shape index (κ3) is 3.80. The van der Waals surface area contributed by atoms with Crippen LogP contribution in [-0.4, -0.2) is 43.0 Å². The van der Waals surface area contributed by atoms with Gasteiger partial charge in [0.2, 0.25) is 0 Å². The van der Waals surface area contributed by atoms with Crippen molar-refractivity contribution in [3.63, 3.8) is 0 Å². The molecule has 1 aromatic carbocycles. The number of nitrogens with zero attached hydrogens (tertiary/aromatic N) is 1. The molecule has 0 radical (unpaired) electrons. The first-order valence-corrected chi connectivity index (χ1v) is 11.4. The summed E-state index contributed by atoms with van der Waals surface area (Å²) in [5.41, 5.74) is -0.902. The number of esters is 1. The van der Waals surface area contributed by atoms with Gasteiger partial charge in [0.05, 0.1) is 17.5 Å².